The SMILES string of the molecule is Cc1nnc(NN=Cc2cc(C(C)(C)C)c(O)c(C(C)(C)C)c2)[nH]c1=O. The first kappa shape index (κ1) is 19.6. The molecular formula is C19H27N5O2. The van der Waals surface area contributed by atoms with Crippen molar-refractivity contribution in [3.05, 3.63) is 44.9 Å². The summed E-state index contributed by atoms with van der Waals surface area (Å²) in [6.07, 6.45) is 1.63. The van der Waals surface area contributed by atoms with Gasteiger partial charge in [0.15, 0.2) is 0 Å². The Morgan fingerprint density at radius 3 is 2.08 bits per heavy atom. The molecule has 26 heavy (non-hydrogen) atoms. The minimum Gasteiger partial charge on any atom is -0.507 e. The number of rotatable bonds is 3. The first-order valence-corrected chi connectivity index (χ1v) is 8.50. The highest BCUT2D eigenvalue weighted by Gasteiger charge is 2.26. The normalized spacial score (nSPS) is 12.6. The number of hydrazone groups is 1. The molecule has 0 radical (unpaired) electrons. The van der Waals surface area contributed by atoms with Crippen LogP contribution in [0, 0.1) is 6.92 Å². The number of aryl methyl sites for hydroxylation is 1. The van der Waals surface area contributed by atoms with Gasteiger partial charge in [-0.25, -0.2) is 5.43 Å². The Morgan fingerprint density at radius 1 is 1.08 bits per heavy atom. The summed E-state index contributed by atoms with van der Waals surface area (Å²) in [7, 11) is 0. The molecule has 0 amide bonds. The summed E-state index contributed by atoms with van der Waals surface area (Å²) < 4.78 is 0. The van der Waals surface area contributed by atoms with Gasteiger partial charge in [-0.1, -0.05) is 41.5 Å². The fraction of sp³-hybridized carbons (Fsp3) is 0.474. The number of phenols is 1. The van der Waals surface area contributed by atoms with E-state index in [1.807, 2.05) is 12.1 Å². The van der Waals surface area contributed by atoms with Gasteiger partial charge in [0.25, 0.3) is 5.56 Å². The highest BCUT2D eigenvalue weighted by atomic mass is 16.3. The molecule has 1 aromatic heterocycles. The lowest BCUT2D eigenvalue weighted by atomic mass is 9.78. The van der Waals surface area contributed by atoms with Gasteiger partial charge in [0.1, 0.15) is 11.4 Å². The number of hydrogen-bond donors (Lipinski definition) is 3. The van der Waals surface area contributed by atoms with Crippen molar-refractivity contribution in [3.8, 4) is 5.75 Å². The average molecular weight is 357 g/mol. The van der Waals surface area contributed by atoms with Crippen LogP contribution in [0.1, 0.15) is 63.9 Å². The monoisotopic (exact) mass is 357 g/mol. The Bertz CT molecular complexity index is 851. The number of benzene rings is 1. The van der Waals surface area contributed by atoms with E-state index in [4.69, 9.17) is 0 Å². The van der Waals surface area contributed by atoms with Gasteiger partial charge in [-0.2, -0.15) is 5.10 Å². The molecule has 0 aliphatic carbocycles. The van der Waals surface area contributed by atoms with Crippen molar-refractivity contribution in [2.24, 2.45) is 5.10 Å². The molecule has 1 heterocycles. The van der Waals surface area contributed by atoms with E-state index in [9.17, 15) is 9.90 Å². The minimum absolute atomic E-state index is 0.169. The van der Waals surface area contributed by atoms with Crippen LogP contribution < -0.4 is 11.0 Å². The molecule has 0 spiro atoms. The maximum atomic E-state index is 11.5. The number of nitrogens with zero attached hydrogens (tertiary/aromatic N) is 3. The molecule has 0 saturated heterocycles. The van der Waals surface area contributed by atoms with Crippen LogP contribution in [0.3, 0.4) is 0 Å². The fourth-order valence-corrected chi connectivity index (χ4v) is 2.49. The van der Waals surface area contributed by atoms with Crippen molar-refractivity contribution >= 4 is 12.2 Å². The Labute approximate surface area is 153 Å². The van der Waals surface area contributed by atoms with Crippen molar-refractivity contribution in [1.82, 2.24) is 15.2 Å². The fourth-order valence-electron chi connectivity index (χ4n) is 2.49. The standard InChI is InChI=1S/C19H27N5O2/c1-11-16(26)21-17(24-22-11)23-20-10-12-8-13(18(2,3)4)15(25)14(9-12)19(5,6)7/h8-10,25H,1-7H3,(H2,21,23,24,26). The van der Waals surface area contributed by atoms with Gasteiger partial charge in [0, 0.05) is 11.1 Å². The zero-order valence-electron chi connectivity index (χ0n) is 16.4. The van der Waals surface area contributed by atoms with Gasteiger partial charge in [-0.15, -0.1) is 10.2 Å². The van der Waals surface area contributed by atoms with Crippen LogP contribution in [0.2, 0.25) is 0 Å². The third-order valence-corrected chi connectivity index (χ3v) is 3.99. The largest absolute Gasteiger partial charge is 0.507 e. The highest BCUT2D eigenvalue weighted by Crippen LogP contribution is 2.39. The molecule has 0 aliphatic heterocycles. The summed E-state index contributed by atoms with van der Waals surface area (Å²) in [5.41, 5.74) is 4.78. The molecule has 0 unspecified atom stereocenters. The van der Waals surface area contributed by atoms with Crippen LogP contribution in [0.25, 0.3) is 0 Å². The van der Waals surface area contributed by atoms with Crippen molar-refractivity contribution in [1.29, 1.82) is 0 Å². The Kier molecular flexibility index (Phi) is 5.21. The first-order valence-electron chi connectivity index (χ1n) is 8.50. The summed E-state index contributed by atoms with van der Waals surface area (Å²) in [5.74, 6) is 0.492. The third kappa shape index (κ3) is 4.47. The summed E-state index contributed by atoms with van der Waals surface area (Å²) in [5, 5.41) is 22.4. The van der Waals surface area contributed by atoms with E-state index in [2.05, 4.69) is 67.3 Å². The maximum absolute atomic E-state index is 11.5. The number of aromatic hydroxyl groups is 1. The lowest BCUT2D eigenvalue weighted by molar-refractivity contribution is 0.423. The second kappa shape index (κ2) is 6.90. The predicted octanol–water partition coefficient (Wildman–Crippen LogP) is 3.22. The van der Waals surface area contributed by atoms with E-state index in [-0.39, 0.29) is 22.3 Å². The summed E-state index contributed by atoms with van der Waals surface area (Å²) in [4.78, 5) is 14.1. The third-order valence-electron chi connectivity index (χ3n) is 3.99. The molecule has 0 bridgehead atoms. The molecule has 0 aliphatic rings. The van der Waals surface area contributed by atoms with Crippen LogP contribution in [-0.2, 0) is 10.8 Å². The van der Waals surface area contributed by atoms with Crippen LogP contribution >= 0.6 is 0 Å². The molecule has 140 valence electrons. The molecule has 7 nitrogen and oxygen atoms in total. The number of aromatic amines is 1. The molecule has 2 aromatic rings. The van der Waals surface area contributed by atoms with Crippen molar-refractivity contribution in [2.75, 3.05) is 5.43 Å². The molecule has 1 aromatic carbocycles. The van der Waals surface area contributed by atoms with Gasteiger partial charge in [-0.3, -0.25) is 9.78 Å². The smallest absolute Gasteiger partial charge is 0.274 e. The number of nitrogens with one attached hydrogen (secondary N) is 2. The number of anilines is 1. The molecule has 7 heteroatoms. The number of phenolic OH excluding ortho intramolecular Hbond substituents is 1. The Balaban J connectivity index is 2.39. The van der Waals surface area contributed by atoms with Crippen molar-refractivity contribution in [3.63, 3.8) is 0 Å². The topological polar surface area (TPSA) is 103 Å². The van der Waals surface area contributed by atoms with E-state index in [0.717, 1.165) is 16.7 Å². The maximum Gasteiger partial charge on any atom is 0.274 e. The zero-order chi connectivity index (χ0) is 19.7. The summed E-state index contributed by atoms with van der Waals surface area (Å²) in [6, 6.07) is 3.83. The molecule has 0 atom stereocenters. The number of H-pyrrole nitrogens is 1. The van der Waals surface area contributed by atoms with E-state index in [1.54, 1.807) is 13.1 Å². The lowest BCUT2D eigenvalue weighted by Gasteiger charge is -2.27. The predicted molar refractivity (Wildman–Crippen MR) is 104 cm³/mol. The van der Waals surface area contributed by atoms with Crippen LogP contribution in [0.4, 0.5) is 5.95 Å². The average Bonchev–Trinajstić information content (AvgIpc) is 2.50. The van der Waals surface area contributed by atoms with Gasteiger partial charge in [0.2, 0.25) is 5.95 Å². The van der Waals surface area contributed by atoms with Gasteiger partial charge < -0.3 is 5.11 Å². The highest BCUT2D eigenvalue weighted by molar-refractivity contribution is 5.82. The second-order valence-corrected chi connectivity index (χ2v) is 8.42. The number of hydrogen-bond acceptors (Lipinski definition) is 6. The van der Waals surface area contributed by atoms with Crippen molar-refractivity contribution in [2.45, 2.75) is 59.3 Å². The van der Waals surface area contributed by atoms with Crippen LogP contribution in [0.5, 0.6) is 5.75 Å². The minimum atomic E-state index is -0.313. The Hall–Kier alpha value is -2.70. The first-order chi connectivity index (χ1) is 11.9. The molecule has 2 rings (SSSR count). The Morgan fingerprint density at radius 2 is 1.62 bits per heavy atom. The second-order valence-electron chi connectivity index (χ2n) is 8.42. The zero-order valence-corrected chi connectivity index (χ0v) is 16.4. The molecular weight excluding hydrogens is 330 g/mol. The molecule has 0 saturated carbocycles. The van der Waals surface area contributed by atoms with Gasteiger partial charge in [0.05, 0.1) is 6.21 Å². The van der Waals surface area contributed by atoms with Gasteiger partial charge in [-0.05, 0) is 35.4 Å². The van der Waals surface area contributed by atoms with E-state index in [0.29, 0.717) is 11.4 Å². The van der Waals surface area contributed by atoms with Crippen molar-refractivity contribution < 1.29 is 5.11 Å². The van der Waals surface area contributed by atoms with Crippen LogP contribution in [-0.4, -0.2) is 26.5 Å². The number of aromatic nitrogens is 3. The lowest BCUT2D eigenvalue weighted by Crippen LogP contribution is -2.18. The van der Waals surface area contributed by atoms with E-state index >= 15 is 0 Å². The summed E-state index contributed by atoms with van der Waals surface area (Å²) >= 11 is 0. The quantitative estimate of drug-likeness (QED) is 0.578. The molecule has 3 N–H and O–H groups in total. The van der Waals surface area contributed by atoms with Crippen LogP contribution in [0.15, 0.2) is 22.0 Å². The summed E-state index contributed by atoms with van der Waals surface area (Å²) in [6.45, 7) is 13.9. The van der Waals surface area contributed by atoms with E-state index in [1.165, 1.54) is 0 Å². The molecule has 0 fully saturated rings. The van der Waals surface area contributed by atoms with E-state index < -0.39 is 0 Å². The van der Waals surface area contributed by atoms with Gasteiger partial charge >= 0.3 is 0 Å².